The standard InChI is InChI=1S/C22H21Cl2N5O3/c1-13(26-27-22(31)21-20(24)14(2)28-29(21)3)15-5-4-6-17(11-15)25-19(30)12-32-18-9-7-16(23)8-10-18/h4-11H,12H2,1-3H3,(H,25,30)(H,27,31)/b26-13-. The molecule has 8 nitrogen and oxygen atoms in total. The van der Waals surface area contributed by atoms with E-state index >= 15 is 0 Å². The topological polar surface area (TPSA) is 97.6 Å². The lowest BCUT2D eigenvalue weighted by Crippen LogP contribution is -2.22. The zero-order valence-corrected chi connectivity index (χ0v) is 19.2. The molecule has 0 atom stereocenters. The molecule has 3 aromatic rings. The number of nitrogens with one attached hydrogen (secondary N) is 2. The number of anilines is 1. The number of hydrogen-bond donors (Lipinski definition) is 2. The average molecular weight is 474 g/mol. The van der Waals surface area contributed by atoms with Crippen LogP contribution in [0.1, 0.15) is 28.7 Å². The Labute approximate surface area is 195 Å². The van der Waals surface area contributed by atoms with Crippen molar-refractivity contribution in [3.63, 3.8) is 0 Å². The van der Waals surface area contributed by atoms with Gasteiger partial charge in [0, 0.05) is 17.8 Å². The predicted molar refractivity (Wildman–Crippen MR) is 125 cm³/mol. The van der Waals surface area contributed by atoms with Gasteiger partial charge >= 0.3 is 0 Å². The quantitative estimate of drug-likeness (QED) is 0.396. The highest BCUT2D eigenvalue weighted by molar-refractivity contribution is 6.34. The molecule has 0 aliphatic rings. The van der Waals surface area contributed by atoms with Gasteiger partial charge in [-0.05, 0) is 55.8 Å². The summed E-state index contributed by atoms with van der Waals surface area (Å²) in [5.41, 5.74) is 5.09. The van der Waals surface area contributed by atoms with Crippen LogP contribution >= 0.6 is 23.2 Å². The van der Waals surface area contributed by atoms with Crippen LogP contribution < -0.4 is 15.5 Å². The first-order valence-electron chi connectivity index (χ1n) is 9.57. The Morgan fingerprint density at radius 2 is 1.88 bits per heavy atom. The maximum absolute atomic E-state index is 12.4. The Morgan fingerprint density at radius 1 is 1.16 bits per heavy atom. The van der Waals surface area contributed by atoms with E-state index in [2.05, 4.69) is 20.9 Å². The van der Waals surface area contributed by atoms with Gasteiger partial charge < -0.3 is 10.1 Å². The van der Waals surface area contributed by atoms with Gasteiger partial charge in [-0.1, -0.05) is 35.3 Å². The van der Waals surface area contributed by atoms with Crippen molar-refractivity contribution >= 4 is 46.4 Å². The summed E-state index contributed by atoms with van der Waals surface area (Å²) in [5, 5.41) is 11.9. The van der Waals surface area contributed by atoms with E-state index in [1.165, 1.54) is 4.68 Å². The maximum Gasteiger partial charge on any atom is 0.291 e. The number of rotatable bonds is 7. The third kappa shape index (κ3) is 5.87. The molecule has 0 radical (unpaired) electrons. The van der Waals surface area contributed by atoms with E-state index in [0.717, 1.165) is 0 Å². The lowest BCUT2D eigenvalue weighted by atomic mass is 10.1. The van der Waals surface area contributed by atoms with Gasteiger partial charge in [0.05, 0.1) is 16.4 Å². The number of benzene rings is 2. The van der Waals surface area contributed by atoms with E-state index in [1.54, 1.807) is 63.4 Å². The van der Waals surface area contributed by atoms with Gasteiger partial charge in [-0.3, -0.25) is 14.3 Å². The molecule has 10 heteroatoms. The highest BCUT2D eigenvalue weighted by atomic mass is 35.5. The zero-order valence-electron chi connectivity index (χ0n) is 17.6. The molecule has 2 amide bonds. The molecule has 1 aromatic heterocycles. The average Bonchev–Trinajstić information content (AvgIpc) is 3.02. The molecular weight excluding hydrogens is 453 g/mol. The Balaban J connectivity index is 1.61. The molecule has 0 unspecified atom stereocenters. The van der Waals surface area contributed by atoms with Crippen molar-refractivity contribution in [2.75, 3.05) is 11.9 Å². The zero-order chi connectivity index (χ0) is 23.3. The van der Waals surface area contributed by atoms with Gasteiger partial charge in [0.2, 0.25) is 0 Å². The second-order valence-corrected chi connectivity index (χ2v) is 7.70. The summed E-state index contributed by atoms with van der Waals surface area (Å²) in [4.78, 5) is 24.6. The Bertz CT molecular complexity index is 1170. The smallest absolute Gasteiger partial charge is 0.291 e. The molecule has 32 heavy (non-hydrogen) atoms. The summed E-state index contributed by atoms with van der Waals surface area (Å²) in [6.45, 7) is 3.30. The lowest BCUT2D eigenvalue weighted by Gasteiger charge is -2.09. The summed E-state index contributed by atoms with van der Waals surface area (Å²) >= 11 is 12.0. The largest absolute Gasteiger partial charge is 0.484 e. The molecule has 0 saturated heterocycles. The normalized spacial score (nSPS) is 11.2. The highest BCUT2D eigenvalue weighted by Gasteiger charge is 2.18. The van der Waals surface area contributed by atoms with Crippen molar-refractivity contribution in [3.05, 3.63) is 75.5 Å². The number of aromatic nitrogens is 2. The van der Waals surface area contributed by atoms with Crippen molar-refractivity contribution in [1.29, 1.82) is 0 Å². The van der Waals surface area contributed by atoms with Gasteiger partial charge in [0.15, 0.2) is 6.61 Å². The SMILES string of the molecule is C/C(=N/NC(=O)c1c(Cl)c(C)nn1C)c1cccc(NC(=O)COc2ccc(Cl)cc2)c1. The molecular formula is C22H21Cl2N5O3. The van der Waals surface area contributed by atoms with E-state index in [9.17, 15) is 9.59 Å². The van der Waals surface area contributed by atoms with E-state index in [4.69, 9.17) is 27.9 Å². The molecule has 0 saturated carbocycles. The Morgan fingerprint density at radius 3 is 2.53 bits per heavy atom. The minimum absolute atomic E-state index is 0.153. The number of hydrazone groups is 1. The fourth-order valence-corrected chi connectivity index (χ4v) is 3.20. The summed E-state index contributed by atoms with van der Waals surface area (Å²) in [7, 11) is 1.63. The van der Waals surface area contributed by atoms with Crippen LogP contribution in [0.4, 0.5) is 5.69 Å². The number of hydrogen-bond acceptors (Lipinski definition) is 5. The van der Waals surface area contributed by atoms with Gasteiger partial charge in [-0.25, -0.2) is 5.43 Å². The van der Waals surface area contributed by atoms with Crippen molar-refractivity contribution < 1.29 is 14.3 Å². The van der Waals surface area contributed by atoms with Gasteiger partial charge in [0.1, 0.15) is 11.4 Å². The van der Waals surface area contributed by atoms with Crippen LogP contribution in [0.25, 0.3) is 0 Å². The van der Waals surface area contributed by atoms with Crippen LogP contribution in [0.2, 0.25) is 10.0 Å². The molecule has 2 N–H and O–H groups in total. The van der Waals surface area contributed by atoms with Crippen LogP contribution in [-0.4, -0.2) is 33.9 Å². The van der Waals surface area contributed by atoms with Gasteiger partial charge in [-0.15, -0.1) is 0 Å². The molecule has 0 aliphatic heterocycles. The molecule has 0 aliphatic carbocycles. The van der Waals surface area contributed by atoms with Crippen molar-refractivity contribution in [1.82, 2.24) is 15.2 Å². The van der Waals surface area contributed by atoms with Crippen molar-refractivity contribution in [3.8, 4) is 5.75 Å². The Kier molecular flexibility index (Phi) is 7.50. The molecule has 3 rings (SSSR count). The molecule has 0 bridgehead atoms. The third-order valence-electron chi connectivity index (χ3n) is 4.44. The number of halogens is 2. The molecule has 2 aromatic carbocycles. The van der Waals surface area contributed by atoms with E-state index in [1.807, 2.05) is 6.07 Å². The second kappa shape index (κ2) is 10.3. The maximum atomic E-state index is 12.4. The monoisotopic (exact) mass is 473 g/mol. The van der Waals surface area contributed by atoms with Crippen LogP contribution in [0, 0.1) is 6.92 Å². The number of ether oxygens (including phenoxy) is 1. The van der Waals surface area contributed by atoms with Crippen molar-refractivity contribution in [2.24, 2.45) is 12.1 Å². The first-order chi connectivity index (χ1) is 15.2. The van der Waals surface area contributed by atoms with Gasteiger partial charge in [-0.2, -0.15) is 10.2 Å². The fourth-order valence-electron chi connectivity index (χ4n) is 2.83. The van der Waals surface area contributed by atoms with Crippen LogP contribution in [-0.2, 0) is 11.8 Å². The number of nitrogens with zero attached hydrogens (tertiary/aromatic N) is 3. The third-order valence-corrected chi connectivity index (χ3v) is 5.14. The first-order valence-corrected chi connectivity index (χ1v) is 10.3. The molecule has 166 valence electrons. The number of aryl methyl sites for hydroxylation is 2. The second-order valence-electron chi connectivity index (χ2n) is 6.88. The summed E-state index contributed by atoms with van der Waals surface area (Å²) in [6.07, 6.45) is 0. The summed E-state index contributed by atoms with van der Waals surface area (Å²) < 4.78 is 6.84. The minimum Gasteiger partial charge on any atom is -0.484 e. The van der Waals surface area contributed by atoms with E-state index < -0.39 is 5.91 Å². The summed E-state index contributed by atoms with van der Waals surface area (Å²) in [5.74, 6) is -0.247. The number of carbonyl (C=O) groups is 2. The van der Waals surface area contributed by atoms with Crippen LogP contribution in [0.15, 0.2) is 53.6 Å². The lowest BCUT2D eigenvalue weighted by molar-refractivity contribution is -0.118. The molecule has 0 spiro atoms. The van der Waals surface area contributed by atoms with Crippen LogP contribution in [0.5, 0.6) is 5.75 Å². The molecule has 1 heterocycles. The number of carbonyl (C=O) groups excluding carboxylic acids is 2. The minimum atomic E-state index is -0.471. The van der Waals surface area contributed by atoms with Crippen LogP contribution in [0.3, 0.4) is 0 Å². The van der Waals surface area contributed by atoms with Crippen molar-refractivity contribution in [2.45, 2.75) is 13.8 Å². The van der Waals surface area contributed by atoms with E-state index in [-0.39, 0.29) is 23.2 Å². The Hall–Kier alpha value is -3.36. The predicted octanol–water partition coefficient (Wildman–Crippen LogP) is 4.21. The highest BCUT2D eigenvalue weighted by Crippen LogP contribution is 2.19. The van der Waals surface area contributed by atoms with Gasteiger partial charge in [0.25, 0.3) is 11.8 Å². The summed E-state index contributed by atoms with van der Waals surface area (Å²) in [6, 6.07) is 13.8. The fraction of sp³-hybridized carbons (Fsp3) is 0.182. The molecule has 0 fully saturated rings. The number of amides is 2. The first kappa shape index (κ1) is 23.3. The van der Waals surface area contributed by atoms with E-state index in [0.29, 0.717) is 33.4 Å².